The Kier molecular flexibility index (Phi) is 6.39. The first-order valence-electron chi connectivity index (χ1n) is 10.8. The number of carboxylic acids is 1. The predicted octanol–water partition coefficient (Wildman–Crippen LogP) is 4.16. The summed E-state index contributed by atoms with van der Waals surface area (Å²) in [6, 6.07) is 39.2. The Morgan fingerprint density at radius 3 is 1.12 bits per heavy atom. The summed E-state index contributed by atoms with van der Waals surface area (Å²) in [5, 5.41) is 12.7. The van der Waals surface area contributed by atoms with E-state index >= 15 is 0 Å². The quantitative estimate of drug-likeness (QED) is 0.405. The summed E-state index contributed by atoms with van der Waals surface area (Å²) in [5.41, 5.74) is 0. The first kappa shape index (κ1) is 22.4. The maximum atomic E-state index is 13.4. The summed E-state index contributed by atoms with van der Waals surface area (Å²) in [7, 11) is 0. The molecule has 0 saturated carbocycles. The van der Waals surface area contributed by atoms with E-state index in [0.29, 0.717) is 0 Å². The molecule has 4 aromatic carbocycles. The second-order valence-electron chi connectivity index (χ2n) is 7.74. The zero-order valence-electron chi connectivity index (χ0n) is 18.1. The number of carboxylic acid groups (broad SMARTS) is 1. The molecule has 0 bridgehead atoms. The molecular formula is C28H25O4P. The van der Waals surface area contributed by atoms with Crippen LogP contribution in [-0.2, 0) is 14.1 Å². The Balaban J connectivity index is 2.17. The molecule has 0 spiro atoms. The fourth-order valence-corrected chi connectivity index (χ4v) is 10.1. The van der Waals surface area contributed by atoms with Crippen molar-refractivity contribution >= 4 is 40.0 Å². The fourth-order valence-electron chi connectivity index (χ4n) is 4.41. The predicted molar refractivity (Wildman–Crippen MR) is 134 cm³/mol. The van der Waals surface area contributed by atoms with E-state index in [9.17, 15) is 14.7 Å². The number of hydrogen-bond donors (Lipinski definition) is 1. The van der Waals surface area contributed by atoms with Crippen molar-refractivity contribution < 1.29 is 19.2 Å². The Morgan fingerprint density at radius 1 is 0.545 bits per heavy atom. The molecule has 5 heteroatoms. The van der Waals surface area contributed by atoms with E-state index < -0.39 is 18.8 Å². The van der Waals surface area contributed by atoms with Gasteiger partial charge in [-0.1, -0.05) is 0 Å². The van der Waals surface area contributed by atoms with Crippen LogP contribution in [0.3, 0.4) is 0 Å². The maximum absolute atomic E-state index is 13.4. The van der Waals surface area contributed by atoms with Crippen LogP contribution in [0.1, 0.15) is 12.8 Å². The summed E-state index contributed by atoms with van der Waals surface area (Å²) in [6.07, 6.45) is -0.509. The zero-order valence-corrected chi connectivity index (χ0v) is 19.0. The third-order valence-corrected chi connectivity index (χ3v) is 11.5. The van der Waals surface area contributed by atoms with E-state index in [4.69, 9.17) is 4.52 Å². The molecule has 0 amide bonds. The molecule has 0 radical (unpaired) electrons. The average Bonchev–Trinajstić information content (AvgIpc) is 2.88. The van der Waals surface area contributed by atoms with Crippen LogP contribution >= 0.6 is 6.83 Å². The van der Waals surface area contributed by atoms with Crippen LogP contribution in [0.5, 0.6) is 0 Å². The minimum atomic E-state index is -4.06. The average molecular weight is 456 g/mol. The van der Waals surface area contributed by atoms with Crippen LogP contribution in [0.25, 0.3) is 0 Å². The summed E-state index contributed by atoms with van der Waals surface area (Å²) in [5.74, 6) is -1.58. The molecule has 0 aromatic heterocycles. The van der Waals surface area contributed by atoms with Gasteiger partial charge in [-0.2, -0.15) is 0 Å². The van der Waals surface area contributed by atoms with E-state index in [2.05, 4.69) is 0 Å². The van der Waals surface area contributed by atoms with Gasteiger partial charge in [0.2, 0.25) is 0 Å². The van der Waals surface area contributed by atoms with Crippen molar-refractivity contribution in [3.05, 3.63) is 121 Å². The third-order valence-electron chi connectivity index (χ3n) is 5.82. The van der Waals surface area contributed by atoms with Gasteiger partial charge in [0.1, 0.15) is 0 Å². The van der Waals surface area contributed by atoms with Crippen LogP contribution in [-0.4, -0.2) is 17.0 Å². The van der Waals surface area contributed by atoms with Crippen molar-refractivity contribution in [2.24, 2.45) is 0 Å². The number of carbonyl (C=O) groups excluding carboxylic acids is 1. The van der Waals surface area contributed by atoms with E-state index in [1.165, 1.54) is 0 Å². The third kappa shape index (κ3) is 3.83. The number of rotatable bonds is 8. The van der Waals surface area contributed by atoms with Gasteiger partial charge in [0.05, 0.1) is 0 Å². The summed E-state index contributed by atoms with van der Waals surface area (Å²) in [4.78, 5) is 24.6. The van der Waals surface area contributed by atoms with E-state index in [1.54, 1.807) is 0 Å². The molecule has 4 rings (SSSR count). The molecule has 4 nitrogen and oxygen atoms in total. The summed E-state index contributed by atoms with van der Waals surface area (Å²) < 4.78 is 6.75. The second kappa shape index (κ2) is 9.40. The normalized spacial score (nSPS) is 12.3. The van der Waals surface area contributed by atoms with Gasteiger partial charge in [-0.15, -0.1) is 0 Å². The van der Waals surface area contributed by atoms with Crippen LogP contribution in [0, 0.1) is 0 Å². The SMILES string of the molecule is O=C(O)CCC(=O)OP(c1ccccc1)(c1ccccc1)(c1ccccc1)c1ccccc1. The first-order valence-corrected chi connectivity index (χ1v) is 12.9. The molecule has 0 atom stereocenters. The van der Waals surface area contributed by atoms with Gasteiger partial charge in [-0.3, -0.25) is 0 Å². The Morgan fingerprint density at radius 2 is 0.848 bits per heavy atom. The van der Waals surface area contributed by atoms with Crippen LogP contribution in [0.2, 0.25) is 0 Å². The van der Waals surface area contributed by atoms with Crippen molar-refractivity contribution in [3.8, 4) is 0 Å². The molecule has 0 aliphatic rings. The number of hydrogen-bond acceptors (Lipinski definition) is 3. The van der Waals surface area contributed by atoms with Gasteiger partial charge < -0.3 is 0 Å². The molecule has 0 fully saturated rings. The molecule has 0 heterocycles. The molecular weight excluding hydrogens is 431 g/mol. The topological polar surface area (TPSA) is 63.6 Å². The van der Waals surface area contributed by atoms with Crippen LogP contribution in [0.4, 0.5) is 0 Å². The van der Waals surface area contributed by atoms with Crippen molar-refractivity contribution in [2.45, 2.75) is 12.8 Å². The molecule has 0 aliphatic heterocycles. The molecule has 0 unspecified atom stereocenters. The first-order chi connectivity index (χ1) is 16.1. The van der Waals surface area contributed by atoms with Crippen molar-refractivity contribution in [1.82, 2.24) is 0 Å². The molecule has 1 N–H and O–H groups in total. The van der Waals surface area contributed by atoms with Gasteiger partial charge in [0.25, 0.3) is 0 Å². The molecule has 166 valence electrons. The molecule has 4 aromatic rings. The van der Waals surface area contributed by atoms with Crippen molar-refractivity contribution in [3.63, 3.8) is 0 Å². The number of benzene rings is 4. The second-order valence-corrected chi connectivity index (χ2v) is 12.1. The summed E-state index contributed by atoms with van der Waals surface area (Å²) in [6.45, 7) is -4.06. The fraction of sp³-hybridized carbons (Fsp3) is 0.0714. The van der Waals surface area contributed by atoms with E-state index in [1.807, 2.05) is 121 Å². The van der Waals surface area contributed by atoms with Crippen LogP contribution in [0.15, 0.2) is 121 Å². The number of carbonyl (C=O) groups is 2. The monoisotopic (exact) mass is 456 g/mol. The minimum absolute atomic E-state index is 0.216. The zero-order chi connectivity index (χ0) is 23.2. The Bertz CT molecular complexity index is 1060. The standard InChI is InChI=1S/C28H25O4P/c29-27(30)21-22-28(31)32-33(23-13-5-1-6-14-23,24-15-7-2-8-16-24,25-17-9-3-10-18-25)26-19-11-4-12-20-26/h1-20H,21-22H2,(H,29,30). The van der Waals surface area contributed by atoms with Crippen molar-refractivity contribution in [2.75, 3.05) is 0 Å². The molecule has 33 heavy (non-hydrogen) atoms. The molecule has 0 saturated heterocycles. The number of aliphatic carboxylic acids is 1. The van der Waals surface area contributed by atoms with Crippen LogP contribution < -0.4 is 21.2 Å². The van der Waals surface area contributed by atoms with Gasteiger partial charge in [-0.25, -0.2) is 0 Å². The van der Waals surface area contributed by atoms with Crippen molar-refractivity contribution in [1.29, 1.82) is 0 Å². The Hall–Kier alpha value is -3.75. The van der Waals surface area contributed by atoms with Gasteiger partial charge >= 0.3 is 193 Å². The van der Waals surface area contributed by atoms with Gasteiger partial charge in [-0.05, 0) is 0 Å². The summed E-state index contributed by atoms with van der Waals surface area (Å²) >= 11 is 0. The van der Waals surface area contributed by atoms with Gasteiger partial charge in [0, 0.05) is 0 Å². The van der Waals surface area contributed by atoms with E-state index in [0.717, 1.165) is 21.2 Å². The molecule has 0 aliphatic carbocycles. The Labute approximate surface area is 193 Å². The van der Waals surface area contributed by atoms with Gasteiger partial charge in [0.15, 0.2) is 0 Å². The van der Waals surface area contributed by atoms with E-state index in [-0.39, 0.29) is 12.8 Å².